The fraction of sp³-hybridized carbons (Fsp3) is 0.800. The molecule has 0 spiro atoms. The number of morpholine rings is 1. The molecule has 1 aliphatic rings. The van der Waals surface area contributed by atoms with Gasteiger partial charge in [0.25, 0.3) is 0 Å². The normalized spacial score (nSPS) is 23.2. The van der Waals surface area contributed by atoms with Gasteiger partial charge in [-0.15, -0.1) is 0 Å². The maximum absolute atomic E-state index is 12.0. The van der Waals surface area contributed by atoms with Gasteiger partial charge in [0, 0.05) is 6.54 Å². The summed E-state index contributed by atoms with van der Waals surface area (Å²) in [4.78, 5) is 24.6. The minimum Gasteiger partial charge on any atom is -0.377 e. The van der Waals surface area contributed by atoms with Crippen molar-refractivity contribution in [2.45, 2.75) is 25.9 Å². The van der Waals surface area contributed by atoms with Crippen molar-refractivity contribution in [1.82, 2.24) is 4.90 Å². The summed E-state index contributed by atoms with van der Waals surface area (Å²) >= 11 is 0. The molecule has 4 N–H and O–H groups in total. The molecule has 2 amide bonds. The Kier molecular flexibility index (Phi) is 4.26. The number of hydrogen-bond acceptors (Lipinski definition) is 4. The zero-order chi connectivity index (χ0) is 12.3. The number of primary amides is 1. The van der Waals surface area contributed by atoms with Crippen LogP contribution >= 0.6 is 0 Å². The largest absolute Gasteiger partial charge is 0.377 e. The zero-order valence-electron chi connectivity index (χ0n) is 9.68. The van der Waals surface area contributed by atoms with E-state index in [0.29, 0.717) is 13.2 Å². The molecule has 0 radical (unpaired) electrons. The van der Waals surface area contributed by atoms with Crippen LogP contribution in [0.2, 0.25) is 0 Å². The lowest BCUT2D eigenvalue weighted by atomic mass is 10.0. The van der Waals surface area contributed by atoms with E-state index < -0.39 is 18.0 Å². The predicted octanol–water partition coefficient (Wildman–Crippen LogP) is -1.32. The average molecular weight is 229 g/mol. The Morgan fingerprint density at radius 1 is 1.44 bits per heavy atom. The Balaban J connectivity index is 2.75. The third kappa shape index (κ3) is 2.70. The van der Waals surface area contributed by atoms with Crippen LogP contribution in [0.3, 0.4) is 0 Å². The molecule has 92 valence electrons. The van der Waals surface area contributed by atoms with E-state index in [-0.39, 0.29) is 18.4 Å². The number of carbonyl (C=O) groups is 2. The van der Waals surface area contributed by atoms with E-state index in [0.717, 1.165) is 0 Å². The molecule has 0 aromatic carbocycles. The van der Waals surface area contributed by atoms with Gasteiger partial charge in [-0.1, -0.05) is 13.8 Å². The summed E-state index contributed by atoms with van der Waals surface area (Å²) in [6, 6.07) is -1.29. The van der Waals surface area contributed by atoms with Crippen LogP contribution in [0, 0.1) is 5.92 Å². The number of ether oxygens (including phenoxy) is 1. The summed E-state index contributed by atoms with van der Waals surface area (Å²) in [5.41, 5.74) is 11.0. The van der Waals surface area contributed by atoms with Crippen LogP contribution in [0.1, 0.15) is 13.8 Å². The van der Waals surface area contributed by atoms with Crippen molar-refractivity contribution < 1.29 is 14.3 Å². The standard InChI is InChI=1S/C10H19N3O3/c1-6(2)8(11)10(15)13-3-4-16-5-7(13)9(12)14/h6-8H,3-5,11H2,1-2H3,(H2,12,14)/t7?,8-/m0/s1. The second kappa shape index (κ2) is 5.27. The third-order valence-electron chi connectivity index (χ3n) is 2.74. The SMILES string of the molecule is CC(C)[C@H](N)C(=O)N1CCOCC1C(N)=O. The van der Waals surface area contributed by atoms with E-state index in [2.05, 4.69) is 0 Å². The molecule has 0 bridgehead atoms. The molecule has 1 fully saturated rings. The molecular weight excluding hydrogens is 210 g/mol. The van der Waals surface area contributed by atoms with Crippen molar-refractivity contribution in [3.8, 4) is 0 Å². The van der Waals surface area contributed by atoms with Gasteiger partial charge in [-0.25, -0.2) is 0 Å². The molecular formula is C10H19N3O3. The second-order valence-electron chi connectivity index (χ2n) is 4.29. The molecule has 6 nitrogen and oxygen atoms in total. The number of rotatable bonds is 3. The second-order valence-corrected chi connectivity index (χ2v) is 4.29. The summed E-state index contributed by atoms with van der Waals surface area (Å²) < 4.78 is 5.13. The summed E-state index contributed by atoms with van der Waals surface area (Å²) in [6.07, 6.45) is 0. The minimum absolute atomic E-state index is 0.0314. The molecule has 0 aliphatic carbocycles. The van der Waals surface area contributed by atoms with Gasteiger partial charge >= 0.3 is 0 Å². The number of nitrogens with zero attached hydrogens (tertiary/aromatic N) is 1. The van der Waals surface area contributed by atoms with Crippen molar-refractivity contribution in [2.75, 3.05) is 19.8 Å². The summed E-state index contributed by atoms with van der Waals surface area (Å²) in [6.45, 7) is 4.67. The van der Waals surface area contributed by atoms with Gasteiger partial charge in [0.15, 0.2) is 0 Å². The maximum Gasteiger partial charge on any atom is 0.242 e. The minimum atomic E-state index is -0.689. The lowest BCUT2D eigenvalue weighted by molar-refractivity contribution is -0.148. The molecule has 2 atom stereocenters. The first-order chi connectivity index (χ1) is 7.45. The van der Waals surface area contributed by atoms with Crippen LogP contribution in [0.4, 0.5) is 0 Å². The number of hydrogen-bond donors (Lipinski definition) is 2. The molecule has 6 heteroatoms. The highest BCUT2D eigenvalue weighted by Crippen LogP contribution is 2.11. The fourth-order valence-corrected chi connectivity index (χ4v) is 1.58. The Hall–Kier alpha value is -1.14. The van der Waals surface area contributed by atoms with E-state index in [9.17, 15) is 9.59 Å². The van der Waals surface area contributed by atoms with E-state index in [1.54, 1.807) is 0 Å². The number of amides is 2. The van der Waals surface area contributed by atoms with Gasteiger partial charge in [0.05, 0.1) is 19.3 Å². The van der Waals surface area contributed by atoms with Crippen LogP contribution in [0.25, 0.3) is 0 Å². The average Bonchev–Trinajstić information content (AvgIpc) is 2.26. The van der Waals surface area contributed by atoms with E-state index in [1.165, 1.54) is 4.90 Å². The quantitative estimate of drug-likeness (QED) is 0.627. The molecule has 0 saturated carbocycles. The number of carbonyl (C=O) groups excluding carboxylic acids is 2. The highest BCUT2D eigenvalue weighted by atomic mass is 16.5. The molecule has 0 aromatic heterocycles. The first-order valence-corrected chi connectivity index (χ1v) is 5.38. The molecule has 1 saturated heterocycles. The van der Waals surface area contributed by atoms with E-state index >= 15 is 0 Å². The maximum atomic E-state index is 12.0. The van der Waals surface area contributed by atoms with E-state index in [4.69, 9.17) is 16.2 Å². The van der Waals surface area contributed by atoms with Gasteiger partial charge in [0.2, 0.25) is 11.8 Å². The van der Waals surface area contributed by atoms with Crippen molar-refractivity contribution in [2.24, 2.45) is 17.4 Å². The molecule has 1 unspecified atom stereocenters. The van der Waals surface area contributed by atoms with Gasteiger partial charge in [-0.3, -0.25) is 9.59 Å². The first-order valence-electron chi connectivity index (χ1n) is 5.38. The highest BCUT2D eigenvalue weighted by Gasteiger charge is 2.34. The molecule has 16 heavy (non-hydrogen) atoms. The predicted molar refractivity (Wildman–Crippen MR) is 58.3 cm³/mol. The van der Waals surface area contributed by atoms with Crippen LogP contribution < -0.4 is 11.5 Å². The van der Waals surface area contributed by atoms with Crippen molar-refractivity contribution in [3.63, 3.8) is 0 Å². The van der Waals surface area contributed by atoms with E-state index in [1.807, 2.05) is 13.8 Å². The van der Waals surface area contributed by atoms with Crippen LogP contribution in [-0.2, 0) is 14.3 Å². The van der Waals surface area contributed by atoms with Gasteiger partial charge in [-0.2, -0.15) is 0 Å². The first kappa shape index (κ1) is 12.9. The monoisotopic (exact) mass is 229 g/mol. The Labute approximate surface area is 94.9 Å². The third-order valence-corrected chi connectivity index (χ3v) is 2.74. The lowest BCUT2D eigenvalue weighted by Gasteiger charge is -2.35. The topological polar surface area (TPSA) is 98.7 Å². The molecule has 1 aliphatic heterocycles. The van der Waals surface area contributed by atoms with Gasteiger partial charge in [0.1, 0.15) is 6.04 Å². The van der Waals surface area contributed by atoms with Crippen molar-refractivity contribution in [3.05, 3.63) is 0 Å². The molecule has 0 aromatic rings. The van der Waals surface area contributed by atoms with Gasteiger partial charge in [-0.05, 0) is 5.92 Å². The summed E-state index contributed by atoms with van der Waals surface area (Å²) in [5.74, 6) is -0.755. The lowest BCUT2D eigenvalue weighted by Crippen LogP contribution is -2.59. The zero-order valence-corrected chi connectivity index (χ0v) is 9.68. The number of nitrogens with two attached hydrogens (primary N) is 2. The van der Waals surface area contributed by atoms with Crippen LogP contribution in [0.15, 0.2) is 0 Å². The van der Waals surface area contributed by atoms with Crippen molar-refractivity contribution in [1.29, 1.82) is 0 Å². The Morgan fingerprint density at radius 2 is 2.06 bits per heavy atom. The highest BCUT2D eigenvalue weighted by molar-refractivity contribution is 5.89. The van der Waals surface area contributed by atoms with Crippen molar-refractivity contribution >= 4 is 11.8 Å². The smallest absolute Gasteiger partial charge is 0.242 e. The van der Waals surface area contributed by atoms with Gasteiger partial charge < -0.3 is 21.1 Å². The molecule has 1 heterocycles. The van der Waals surface area contributed by atoms with Crippen LogP contribution in [-0.4, -0.2) is 48.6 Å². The fourth-order valence-electron chi connectivity index (χ4n) is 1.58. The molecule has 1 rings (SSSR count). The Morgan fingerprint density at radius 3 is 2.56 bits per heavy atom. The summed E-state index contributed by atoms with van der Waals surface area (Å²) in [5, 5.41) is 0. The summed E-state index contributed by atoms with van der Waals surface area (Å²) in [7, 11) is 0. The Bertz CT molecular complexity index is 280. The van der Waals surface area contributed by atoms with Crippen LogP contribution in [0.5, 0.6) is 0 Å².